The van der Waals surface area contributed by atoms with Gasteiger partial charge in [0.05, 0.1) is 6.10 Å². The Labute approximate surface area is 153 Å². The predicted molar refractivity (Wildman–Crippen MR) is 103 cm³/mol. The zero-order valence-electron chi connectivity index (χ0n) is 14.7. The third-order valence-electron chi connectivity index (χ3n) is 6.34. The van der Waals surface area contributed by atoms with Gasteiger partial charge in [0.15, 0.2) is 0 Å². The first-order chi connectivity index (χ1) is 12.7. The van der Waals surface area contributed by atoms with Crippen molar-refractivity contribution < 1.29 is 10.2 Å². The van der Waals surface area contributed by atoms with Crippen LogP contribution in [-0.2, 0) is 0 Å². The quantitative estimate of drug-likeness (QED) is 0.705. The van der Waals surface area contributed by atoms with E-state index in [4.69, 9.17) is 0 Å². The molecule has 0 unspecified atom stereocenters. The first kappa shape index (κ1) is 15.7. The lowest BCUT2D eigenvalue weighted by Crippen LogP contribution is -2.43. The minimum atomic E-state index is -0.464. The first-order valence-electron chi connectivity index (χ1n) is 9.32. The third-order valence-corrected chi connectivity index (χ3v) is 6.34. The number of benzene rings is 3. The monoisotopic (exact) mass is 342 g/mol. The summed E-state index contributed by atoms with van der Waals surface area (Å²) in [7, 11) is 0. The summed E-state index contributed by atoms with van der Waals surface area (Å²) in [5.41, 5.74) is 6.27. The highest BCUT2D eigenvalue weighted by Gasteiger charge is 2.52. The Hall–Kier alpha value is -2.58. The van der Waals surface area contributed by atoms with Crippen LogP contribution < -0.4 is 0 Å². The molecule has 0 heterocycles. The topological polar surface area (TPSA) is 40.5 Å². The Bertz CT molecular complexity index is 928. The average Bonchev–Trinajstić information content (AvgIpc) is 2.67. The molecular formula is C24H22O2. The van der Waals surface area contributed by atoms with Crippen molar-refractivity contribution in [2.75, 3.05) is 0 Å². The van der Waals surface area contributed by atoms with Gasteiger partial charge in [-0.15, -0.1) is 0 Å². The molecule has 3 aliphatic rings. The van der Waals surface area contributed by atoms with Gasteiger partial charge in [-0.2, -0.15) is 0 Å². The smallest absolute Gasteiger partial charge is 0.119 e. The van der Waals surface area contributed by atoms with E-state index in [2.05, 4.69) is 48.5 Å². The van der Waals surface area contributed by atoms with Crippen LogP contribution in [0.2, 0.25) is 0 Å². The molecule has 130 valence electrons. The Morgan fingerprint density at radius 1 is 0.654 bits per heavy atom. The van der Waals surface area contributed by atoms with Crippen LogP contribution in [0.3, 0.4) is 0 Å². The van der Waals surface area contributed by atoms with Gasteiger partial charge in [0.1, 0.15) is 5.75 Å². The Morgan fingerprint density at radius 3 is 1.54 bits per heavy atom. The molecule has 0 amide bonds. The SMILES string of the molecule is C[C@@H](O)[C@@H]1C2c3ccccc3C(c3ccccc32)[C@H]1c1ccccc1O. The lowest BCUT2D eigenvalue weighted by molar-refractivity contribution is 0.0808. The van der Waals surface area contributed by atoms with E-state index in [1.54, 1.807) is 6.07 Å². The van der Waals surface area contributed by atoms with E-state index in [-0.39, 0.29) is 23.7 Å². The Morgan fingerprint density at radius 2 is 1.08 bits per heavy atom. The summed E-state index contributed by atoms with van der Waals surface area (Å²) < 4.78 is 0. The molecule has 0 radical (unpaired) electrons. The van der Waals surface area contributed by atoms with E-state index in [9.17, 15) is 10.2 Å². The van der Waals surface area contributed by atoms with Crippen LogP contribution in [-0.4, -0.2) is 16.3 Å². The summed E-state index contributed by atoms with van der Waals surface area (Å²) in [5.74, 6) is 0.729. The number of aliphatic hydroxyl groups excluding tert-OH is 1. The van der Waals surface area contributed by atoms with Gasteiger partial charge >= 0.3 is 0 Å². The van der Waals surface area contributed by atoms with E-state index in [1.165, 1.54) is 22.3 Å². The van der Waals surface area contributed by atoms with Crippen LogP contribution in [0.1, 0.15) is 52.5 Å². The van der Waals surface area contributed by atoms with Gasteiger partial charge in [0.2, 0.25) is 0 Å². The number of phenols is 1. The predicted octanol–water partition coefficient (Wildman–Crippen LogP) is 4.76. The summed E-state index contributed by atoms with van der Waals surface area (Å²) in [6.07, 6.45) is -0.464. The van der Waals surface area contributed by atoms with Crippen LogP contribution in [0.5, 0.6) is 5.75 Å². The number of aliphatic hydroxyl groups is 1. The van der Waals surface area contributed by atoms with Crippen LogP contribution in [0, 0.1) is 5.92 Å². The maximum Gasteiger partial charge on any atom is 0.119 e. The average molecular weight is 342 g/mol. The van der Waals surface area contributed by atoms with Crippen molar-refractivity contribution in [3.8, 4) is 5.75 Å². The second kappa shape index (κ2) is 5.72. The van der Waals surface area contributed by atoms with Gasteiger partial charge in [-0.3, -0.25) is 0 Å². The van der Waals surface area contributed by atoms with Crippen molar-refractivity contribution in [2.45, 2.75) is 30.8 Å². The minimum Gasteiger partial charge on any atom is -0.508 e. The summed E-state index contributed by atoms with van der Waals surface area (Å²) in [4.78, 5) is 0. The van der Waals surface area contributed by atoms with Crippen molar-refractivity contribution in [2.24, 2.45) is 5.92 Å². The van der Waals surface area contributed by atoms with Gasteiger partial charge in [-0.1, -0.05) is 66.7 Å². The third kappa shape index (κ3) is 2.02. The maximum atomic E-state index is 10.8. The number of hydrogen-bond donors (Lipinski definition) is 2. The van der Waals surface area contributed by atoms with Gasteiger partial charge in [0, 0.05) is 23.7 Å². The van der Waals surface area contributed by atoms with Crippen molar-refractivity contribution in [1.29, 1.82) is 0 Å². The molecule has 2 N–H and O–H groups in total. The standard InChI is InChI=1S/C24H22O2/c1-14(25)21-22-15-8-2-4-10-17(15)23(18-11-5-3-9-16(18)22)24(21)19-12-6-7-13-20(19)26/h2-14,21-26H,1H3/t14-,21-,22?,23?,24+/m1/s1. The highest BCUT2D eigenvalue weighted by molar-refractivity contribution is 5.60. The van der Waals surface area contributed by atoms with E-state index in [0.29, 0.717) is 5.75 Å². The Balaban J connectivity index is 1.83. The minimum absolute atomic E-state index is 0.0399. The number of rotatable bonds is 2. The number of hydrogen-bond acceptors (Lipinski definition) is 2. The van der Waals surface area contributed by atoms with Gasteiger partial charge < -0.3 is 10.2 Å². The molecule has 0 aromatic heterocycles. The molecule has 0 aliphatic heterocycles. The lowest BCUT2D eigenvalue weighted by Gasteiger charge is -2.52. The fraction of sp³-hybridized carbons (Fsp3) is 0.250. The lowest BCUT2D eigenvalue weighted by atomic mass is 9.52. The summed E-state index contributed by atoms with van der Waals surface area (Å²) in [6, 6.07) is 24.8. The normalized spacial score (nSPS) is 26.8. The van der Waals surface area contributed by atoms with Gasteiger partial charge in [-0.25, -0.2) is 0 Å². The molecule has 0 fully saturated rings. The molecule has 3 aliphatic carbocycles. The van der Waals surface area contributed by atoms with E-state index in [1.807, 2.05) is 25.1 Å². The molecule has 3 aromatic carbocycles. The largest absolute Gasteiger partial charge is 0.508 e. The number of aromatic hydroxyl groups is 1. The van der Waals surface area contributed by atoms with Gasteiger partial charge in [-0.05, 0) is 40.8 Å². The van der Waals surface area contributed by atoms with Crippen LogP contribution >= 0.6 is 0 Å². The number of phenolic OH excluding ortho intramolecular Hbond substituents is 1. The van der Waals surface area contributed by atoms with Crippen molar-refractivity contribution in [3.05, 3.63) is 101 Å². The van der Waals surface area contributed by atoms with E-state index >= 15 is 0 Å². The second-order valence-corrected chi connectivity index (χ2v) is 7.62. The van der Waals surface area contributed by atoms with E-state index < -0.39 is 6.10 Å². The molecule has 0 saturated carbocycles. The van der Waals surface area contributed by atoms with Crippen LogP contribution in [0.4, 0.5) is 0 Å². The molecule has 3 atom stereocenters. The molecule has 6 rings (SSSR count). The highest BCUT2D eigenvalue weighted by Crippen LogP contribution is 2.63. The fourth-order valence-electron chi connectivity index (χ4n) is 5.46. The van der Waals surface area contributed by atoms with Crippen LogP contribution in [0.25, 0.3) is 0 Å². The zero-order chi connectivity index (χ0) is 17.8. The fourth-order valence-corrected chi connectivity index (χ4v) is 5.46. The number of para-hydroxylation sites is 1. The van der Waals surface area contributed by atoms with Crippen molar-refractivity contribution in [3.63, 3.8) is 0 Å². The summed E-state index contributed by atoms with van der Waals surface area (Å²) in [6.45, 7) is 1.89. The highest BCUT2D eigenvalue weighted by atomic mass is 16.3. The molecule has 2 nitrogen and oxygen atoms in total. The van der Waals surface area contributed by atoms with Crippen LogP contribution in [0.15, 0.2) is 72.8 Å². The first-order valence-corrected chi connectivity index (χ1v) is 9.32. The molecular weight excluding hydrogens is 320 g/mol. The molecule has 26 heavy (non-hydrogen) atoms. The zero-order valence-corrected chi connectivity index (χ0v) is 14.7. The van der Waals surface area contributed by atoms with Crippen molar-refractivity contribution >= 4 is 0 Å². The van der Waals surface area contributed by atoms with E-state index in [0.717, 1.165) is 5.56 Å². The Kier molecular flexibility index (Phi) is 3.44. The van der Waals surface area contributed by atoms with Gasteiger partial charge in [0.25, 0.3) is 0 Å². The van der Waals surface area contributed by atoms with Crippen molar-refractivity contribution in [1.82, 2.24) is 0 Å². The summed E-state index contributed by atoms with van der Waals surface area (Å²) in [5, 5.41) is 21.4. The molecule has 2 heteroatoms. The second-order valence-electron chi connectivity index (χ2n) is 7.62. The molecule has 0 saturated heterocycles. The molecule has 0 spiro atoms. The summed E-state index contributed by atoms with van der Waals surface area (Å²) >= 11 is 0. The number of fused-ring (bicyclic) bond motifs is 1. The maximum absolute atomic E-state index is 10.8. The molecule has 2 bridgehead atoms. The molecule has 3 aromatic rings.